The minimum absolute atomic E-state index is 0.179. The standard InChI is InChI=1S/C15H20N6OS/c1-9-17-10(8-23-9)7-20(5)14-18-12-11(13(22)19-14)6-16-21(12)15(2,3)4/h6,8H,7H2,1-5H3,(H,18,19,22). The van der Waals surface area contributed by atoms with Crippen LogP contribution in [0.5, 0.6) is 0 Å². The van der Waals surface area contributed by atoms with Crippen LogP contribution in [0, 0.1) is 6.92 Å². The van der Waals surface area contributed by atoms with Gasteiger partial charge < -0.3 is 4.90 Å². The minimum atomic E-state index is -0.246. The molecule has 23 heavy (non-hydrogen) atoms. The molecule has 8 heteroatoms. The molecule has 0 atom stereocenters. The Morgan fingerprint density at radius 1 is 1.35 bits per heavy atom. The number of aryl methyl sites for hydroxylation is 1. The summed E-state index contributed by atoms with van der Waals surface area (Å²) in [5.74, 6) is 0.513. The van der Waals surface area contributed by atoms with Gasteiger partial charge in [-0.1, -0.05) is 0 Å². The zero-order valence-electron chi connectivity index (χ0n) is 13.9. The van der Waals surface area contributed by atoms with E-state index in [9.17, 15) is 4.79 Å². The lowest BCUT2D eigenvalue weighted by molar-refractivity contribution is 0.366. The van der Waals surface area contributed by atoms with Gasteiger partial charge in [0.05, 0.1) is 29.0 Å². The molecular weight excluding hydrogens is 312 g/mol. The molecular formula is C15H20N6OS. The first-order valence-corrected chi connectivity index (χ1v) is 8.24. The van der Waals surface area contributed by atoms with Crippen molar-refractivity contribution in [3.63, 3.8) is 0 Å². The van der Waals surface area contributed by atoms with Gasteiger partial charge in [-0.3, -0.25) is 9.78 Å². The van der Waals surface area contributed by atoms with E-state index in [4.69, 9.17) is 0 Å². The molecule has 122 valence electrons. The molecule has 0 aliphatic heterocycles. The maximum absolute atomic E-state index is 12.3. The first-order valence-electron chi connectivity index (χ1n) is 7.36. The molecule has 0 fully saturated rings. The van der Waals surface area contributed by atoms with Gasteiger partial charge in [-0.2, -0.15) is 10.1 Å². The van der Waals surface area contributed by atoms with Crippen molar-refractivity contribution in [1.29, 1.82) is 0 Å². The van der Waals surface area contributed by atoms with Gasteiger partial charge in [0.2, 0.25) is 5.95 Å². The summed E-state index contributed by atoms with van der Waals surface area (Å²) in [6.07, 6.45) is 1.57. The third-order valence-electron chi connectivity index (χ3n) is 3.49. The van der Waals surface area contributed by atoms with E-state index in [0.29, 0.717) is 23.5 Å². The number of aromatic nitrogens is 5. The Morgan fingerprint density at radius 2 is 2.09 bits per heavy atom. The average molecular weight is 332 g/mol. The fourth-order valence-corrected chi connectivity index (χ4v) is 2.98. The summed E-state index contributed by atoms with van der Waals surface area (Å²) in [6.45, 7) is 8.65. The number of H-pyrrole nitrogens is 1. The van der Waals surface area contributed by atoms with E-state index < -0.39 is 0 Å². The third kappa shape index (κ3) is 2.98. The van der Waals surface area contributed by atoms with E-state index in [2.05, 4.69) is 20.1 Å². The summed E-state index contributed by atoms with van der Waals surface area (Å²) in [5.41, 5.74) is 1.13. The lowest BCUT2D eigenvalue weighted by Gasteiger charge is -2.21. The number of hydrogen-bond acceptors (Lipinski definition) is 6. The van der Waals surface area contributed by atoms with Crippen LogP contribution >= 0.6 is 11.3 Å². The van der Waals surface area contributed by atoms with Crippen molar-refractivity contribution in [2.24, 2.45) is 0 Å². The van der Waals surface area contributed by atoms with Crippen molar-refractivity contribution in [1.82, 2.24) is 24.7 Å². The van der Waals surface area contributed by atoms with Crippen LogP contribution in [0.1, 0.15) is 31.5 Å². The Labute approximate surface area is 138 Å². The molecule has 0 aliphatic carbocycles. The van der Waals surface area contributed by atoms with Crippen LogP contribution in [0.2, 0.25) is 0 Å². The Morgan fingerprint density at radius 3 is 2.70 bits per heavy atom. The summed E-state index contributed by atoms with van der Waals surface area (Å²) in [6, 6.07) is 0. The topological polar surface area (TPSA) is 79.7 Å². The number of thiazole rings is 1. The van der Waals surface area contributed by atoms with Gasteiger partial charge in [-0.15, -0.1) is 11.3 Å². The van der Waals surface area contributed by atoms with Crippen LogP contribution in [0.25, 0.3) is 11.0 Å². The monoisotopic (exact) mass is 332 g/mol. The van der Waals surface area contributed by atoms with E-state index in [0.717, 1.165) is 10.7 Å². The molecule has 0 saturated carbocycles. The van der Waals surface area contributed by atoms with Crippen molar-refractivity contribution in [3.05, 3.63) is 32.6 Å². The second-order valence-electron chi connectivity index (χ2n) is 6.57. The highest BCUT2D eigenvalue weighted by molar-refractivity contribution is 7.09. The number of aromatic amines is 1. The molecule has 3 rings (SSSR count). The van der Waals surface area contributed by atoms with Gasteiger partial charge in [-0.25, -0.2) is 9.67 Å². The number of nitrogens with one attached hydrogen (secondary N) is 1. The van der Waals surface area contributed by atoms with E-state index in [-0.39, 0.29) is 11.1 Å². The molecule has 1 N–H and O–H groups in total. The van der Waals surface area contributed by atoms with Crippen LogP contribution in [0.4, 0.5) is 5.95 Å². The van der Waals surface area contributed by atoms with Crippen LogP contribution < -0.4 is 10.5 Å². The van der Waals surface area contributed by atoms with Crippen molar-refractivity contribution in [3.8, 4) is 0 Å². The number of rotatable bonds is 3. The number of hydrogen-bond donors (Lipinski definition) is 1. The number of anilines is 1. The Hall–Kier alpha value is -2.22. The van der Waals surface area contributed by atoms with E-state index in [1.807, 2.05) is 45.0 Å². The zero-order chi connectivity index (χ0) is 16.8. The molecule has 3 aromatic rings. The van der Waals surface area contributed by atoms with Crippen LogP contribution in [0.3, 0.4) is 0 Å². The molecule has 0 saturated heterocycles. The second kappa shape index (κ2) is 5.45. The quantitative estimate of drug-likeness (QED) is 0.796. The van der Waals surface area contributed by atoms with Crippen molar-refractivity contribution < 1.29 is 0 Å². The van der Waals surface area contributed by atoms with Gasteiger partial charge in [0, 0.05) is 12.4 Å². The highest BCUT2D eigenvalue weighted by Crippen LogP contribution is 2.20. The van der Waals surface area contributed by atoms with E-state index in [1.165, 1.54) is 0 Å². The summed E-state index contributed by atoms with van der Waals surface area (Å²) in [7, 11) is 1.89. The molecule has 0 bridgehead atoms. The summed E-state index contributed by atoms with van der Waals surface area (Å²) in [4.78, 5) is 26.1. The Kier molecular flexibility index (Phi) is 3.71. The molecule has 0 aromatic carbocycles. The number of fused-ring (bicyclic) bond motifs is 1. The fraction of sp³-hybridized carbons (Fsp3) is 0.467. The second-order valence-corrected chi connectivity index (χ2v) is 7.63. The predicted octanol–water partition coefficient (Wildman–Crippen LogP) is 2.28. The van der Waals surface area contributed by atoms with Crippen molar-refractivity contribution >= 4 is 28.3 Å². The molecule has 0 radical (unpaired) electrons. The highest BCUT2D eigenvalue weighted by atomic mass is 32.1. The Balaban J connectivity index is 2.02. The SMILES string of the molecule is Cc1nc(CN(C)c2nc3c(cnn3C(C)(C)C)c(=O)[nH]2)cs1. The molecule has 3 heterocycles. The molecule has 0 aliphatic rings. The normalized spacial score (nSPS) is 12.0. The smallest absolute Gasteiger partial charge is 0.263 e. The Bertz CT molecular complexity index is 901. The summed E-state index contributed by atoms with van der Waals surface area (Å²) >= 11 is 1.61. The minimum Gasteiger partial charge on any atom is -0.339 e. The van der Waals surface area contributed by atoms with Crippen LogP contribution in [0.15, 0.2) is 16.4 Å². The molecule has 3 aromatic heterocycles. The maximum atomic E-state index is 12.3. The first-order chi connectivity index (χ1) is 10.8. The van der Waals surface area contributed by atoms with E-state index in [1.54, 1.807) is 22.2 Å². The highest BCUT2D eigenvalue weighted by Gasteiger charge is 2.20. The van der Waals surface area contributed by atoms with Gasteiger partial charge in [-0.05, 0) is 27.7 Å². The van der Waals surface area contributed by atoms with Crippen molar-refractivity contribution in [2.75, 3.05) is 11.9 Å². The number of nitrogens with zero attached hydrogens (tertiary/aromatic N) is 5. The molecule has 0 unspecified atom stereocenters. The van der Waals surface area contributed by atoms with E-state index >= 15 is 0 Å². The fourth-order valence-electron chi connectivity index (χ4n) is 2.38. The maximum Gasteiger partial charge on any atom is 0.263 e. The van der Waals surface area contributed by atoms with Gasteiger partial charge in [0.1, 0.15) is 5.39 Å². The zero-order valence-corrected chi connectivity index (χ0v) is 14.7. The van der Waals surface area contributed by atoms with Gasteiger partial charge in [0.25, 0.3) is 5.56 Å². The predicted molar refractivity (Wildman–Crippen MR) is 92.1 cm³/mol. The molecule has 0 amide bonds. The molecule has 7 nitrogen and oxygen atoms in total. The van der Waals surface area contributed by atoms with Crippen LogP contribution in [-0.4, -0.2) is 31.8 Å². The first kappa shape index (κ1) is 15.7. The lowest BCUT2D eigenvalue weighted by atomic mass is 10.1. The lowest BCUT2D eigenvalue weighted by Crippen LogP contribution is -2.26. The van der Waals surface area contributed by atoms with Gasteiger partial charge >= 0.3 is 0 Å². The third-order valence-corrected chi connectivity index (χ3v) is 4.31. The van der Waals surface area contributed by atoms with Gasteiger partial charge in [0.15, 0.2) is 5.65 Å². The average Bonchev–Trinajstić information content (AvgIpc) is 3.04. The summed E-state index contributed by atoms with van der Waals surface area (Å²) < 4.78 is 1.78. The van der Waals surface area contributed by atoms with Crippen LogP contribution in [-0.2, 0) is 12.1 Å². The largest absolute Gasteiger partial charge is 0.339 e. The summed E-state index contributed by atoms with van der Waals surface area (Å²) in [5, 5.41) is 7.86. The van der Waals surface area contributed by atoms with Crippen molar-refractivity contribution in [2.45, 2.75) is 39.8 Å². The molecule has 0 spiro atoms.